The molecule has 0 fully saturated rings. The quantitative estimate of drug-likeness (QED) is 0.608. The SMILES string of the molecule is CCN(CC)C(=O)Cc1csc(SCC(=O)Nc2ccc(NC(C)=O)cc2)n1. The number of nitrogens with one attached hydrogen (secondary N) is 2. The van der Waals surface area contributed by atoms with Gasteiger partial charge in [-0.05, 0) is 38.1 Å². The number of hydrogen-bond acceptors (Lipinski definition) is 6. The van der Waals surface area contributed by atoms with Crippen LogP contribution in [0, 0.1) is 0 Å². The van der Waals surface area contributed by atoms with Gasteiger partial charge in [-0.25, -0.2) is 4.98 Å². The van der Waals surface area contributed by atoms with Crippen molar-refractivity contribution in [3.05, 3.63) is 35.3 Å². The van der Waals surface area contributed by atoms with Crippen molar-refractivity contribution in [2.75, 3.05) is 29.5 Å². The molecule has 0 radical (unpaired) electrons. The zero-order valence-corrected chi connectivity index (χ0v) is 17.8. The number of anilines is 2. The molecule has 2 N–H and O–H groups in total. The van der Waals surface area contributed by atoms with E-state index >= 15 is 0 Å². The highest BCUT2D eigenvalue weighted by Crippen LogP contribution is 2.23. The Bertz CT molecular complexity index is 817. The highest BCUT2D eigenvalue weighted by atomic mass is 32.2. The van der Waals surface area contributed by atoms with Gasteiger partial charge in [0.05, 0.1) is 17.9 Å². The van der Waals surface area contributed by atoms with Crippen LogP contribution in [0.5, 0.6) is 0 Å². The smallest absolute Gasteiger partial charge is 0.234 e. The zero-order valence-electron chi connectivity index (χ0n) is 16.2. The maximum Gasteiger partial charge on any atom is 0.234 e. The maximum absolute atomic E-state index is 12.1. The van der Waals surface area contributed by atoms with Gasteiger partial charge in [-0.2, -0.15) is 0 Å². The van der Waals surface area contributed by atoms with Crippen LogP contribution in [0.1, 0.15) is 26.5 Å². The number of benzene rings is 1. The van der Waals surface area contributed by atoms with Crippen LogP contribution >= 0.6 is 23.1 Å². The summed E-state index contributed by atoms with van der Waals surface area (Å²) in [6.45, 7) is 6.72. The van der Waals surface area contributed by atoms with Crippen LogP contribution in [0.15, 0.2) is 34.0 Å². The monoisotopic (exact) mass is 420 g/mol. The van der Waals surface area contributed by atoms with Gasteiger partial charge in [0.15, 0.2) is 4.34 Å². The summed E-state index contributed by atoms with van der Waals surface area (Å²) >= 11 is 2.78. The molecule has 150 valence electrons. The van der Waals surface area contributed by atoms with Crippen molar-refractivity contribution in [1.29, 1.82) is 0 Å². The summed E-state index contributed by atoms with van der Waals surface area (Å²) in [5, 5.41) is 7.34. The standard InChI is InChI=1S/C19H24N4O3S2/c1-4-23(5-2)18(26)10-16-11-27-19(22-16)28-12-17(25)21-15-8-6-14(7-9-15)20-13(3)24/h6-9,11H,4-5,10,12H2,1-3H3,(H,20,24)(H,21,25). The first-order valence-corrected chi connectivity index (χ1v) is 10.8. The number of likely N-dealkylation sites (N-methyl/N-ethyl adjacent to an activating group) is 1. The van der Waals surface area contributed by atoms with Gasteiger partial charge in [-0.3, -0.25) is 14.4 Å². The Morgan fingerprint density at radius 1 is 1.07 bits per heavy atom. The lowest BCUT2D eigenvalue weighted by Gasteiger charge is -2.17. The van der Waals surface area contributed by atoms with E-state index in [4.69, 9.17) is 0 Å². The predicted octanol–water partition coefficient (Wildman–Crippen LogP) is 3.24. The van der Waals surface area contributed by atoms with E-state index in [0.717, 1.165) is 10.0 Å². The molecule has 0 spiro atoms. The molecule has 1 aromatic carbocycles. The Labute approximate surface area is 172 Å². The van der Waals surface area contributed by atoms with Gasteiger partial charge in [0.1, 0.15) is 0 Å². The third kappa shape index (κ3) is 6.97. The zero-order chi connectivity index (χ0) is 20.5. The summed E-state index contributed by atoms with van der Waals surface area (Å²) in [5.41, 5.74) is 2.07. The average molecular weight is 421 g/mol. The highest BCUT2D eigenvalue weighted by Gasteiger charge is 2.13. The van der Waals surface area contributed by atoms with Gasteiger partial charge in [0.2, 0.25) is 17.7 Å². The van der Waals surface area contributed by atoms with Crippen molar-refractivity contribution in [2.24, 2.45) is 0 Å². The van der Waals surface area contributed by atoms with Gasteiger partial charge < -0.3 is 15.5 Å². The maximum atomic E-state index is 12.1. The van der Waals surface area contributed by atoms with Gasteiger partial charge in [0.25, 0.3) is 0 Å². The van der Waals surface area contributed by atoms with Crippen molar-refractivity contribution in [1.82, 2.24) is 9.88 Å². The number of rotatable bonds is 9. The summed E-state index contributed by atoms with van der Waals surface area (Å²) in [4.78, 5) is 41.5. The first-order valence-electron chi connectivity index (χ1n) is 8.93. The number of thiazole rings is 1. The molecule has 7 nitrogen and oxygen atoms in total. The van der Waals surface area contributed by atoms with Crippen molar-refractivity contribution in [3.63, 3.8) is 0 Å². The van der Waals surface area contributed by atoms with Crippen molar-refractivity contribution >= 4 is 52.2 Å². The molecule has 0 atom stereocenters. The molecule has 3 amide bonds. The summed E-state index contributed by atoms with van der Waals surface area (Å²) < 4.78 is 0.763. The van der Waals surface area contributed by atoms with Crippen LogP contribution in [0.25, 0.3) is 0 Å². The van der Waals surface area contributed by atoms with Crippen LogP contribution in [0.2, 0.25) is 0 Å². The Morgan fingerprint density at radius 3 is 2.25 bits per heavy atom. The number of amides is 3. The Morgan fingerprint density at radius 2 is 1.68 bits per heavy atom. The Kier molecular flexibility index (Phi) is 8.46. The van der Waals surface area contributed by atoms with Crippen LogP contribution in [-0.2, 0) is 20.8 Å². The number of hydrogen-bond donors (Lipinski definition) is 2. The van der Waals surface area contributed by atoms with Gasteiger partial charge >= 0.3 is 0 Å². The summed E-state index contributed by atoms with van der Waals surface area (Å²) in [6, 6.07) is 6.91. The lowest BCUT2D eigenvalue weighted by Crippen LogP contribution is -2.31. The lowest BCUT2D eigenvalue weighted by molar-refractivity contribution is -0.130. The fourth-order valence-electron chi connectivity index (χ4n) is 2.44. The summed E-state index contributed by atoms with van der Waals surface area (Å²) in [6.07, 6.45) is 0.283. The molecule has 1 heterocycles. The first kappa shape index (κ1) is 21.9. The second-order valence-electron chi connectivity index (χ2n) is 5.94. The molecule has 28 heavy (non-hydrogen) atoms. The van der Waals surface area contributed by atoms with E-state index < -0.39 is 0 Å². The number of carbonyl (C=O) groups excluding carboxylic acids is 3. The minimum Gasteiger partial charge on any atom is -0.343 e. The summed E-state index contributed by atoms with van der Waals surface area (Å²) in [7, 11) is 0. The van der Waals surface area contributed by atoms with Crippen LogP contribution in [-0.4, -0.2) is 46.4 Å². The van der Waals surface area contributed by atoms with Gasteiger partial charge in [-0.15, -0.1) is 11.3 Å². The van der Waals surface area contributed by atoms with Crippen molar-refractivity contribution in [3.8, 4) is 0 Å². The molecular formula is C19H24N4O3S2. The van der Waals surface area contributed by atoms with Gasteiger partial charge in [0, 0.05) is 36.8 Å². The second-order valence-corrected chi connectivity index (χ2v) is 8.02. The van der Waals surface area contributed by atoms with E-state index in [9.17, 15) is 14.4 Å². The fourth-order valence-corrected chi connectivity index (χ4v) is 4.09. The molecule has 2 rings (SSSR count). The van der Waals surface area contributed by atoms with Crippen LogP contribution < -0.4 is 10.6 Å². The van der Waals surface area contributed by atoms with Gasteiger partial charge in [-0.1, -0.05) is 11.8 Å². The molecule has 0 bridgehead atoms. The molecule has 9 heteroatoms. The van der Waals surface area contributed by atoms with E-state index in [1.807, 2.05) is 19.2 Å². The molecule has 1 aromatic heterocycles. The molecule has 0 saturated heterocycles. The first-order chi connectivity index (χ1) is 13.4. The predicted molar refractivity (Wildman–Crippen MR) is 114 cm³/mol. The largest absolute Gasteiger partial charge is 0.343 e. The lowest BCUT2D eigenvalue weighted by atomic mass is 10.3. The van der Waals surface area contributed by atoms with E-state index in [-0.39, 0.29) is 29.9 Å². The van der Waals surface area contributed by atoms with Crippen LogP contribution in [0.4, 0.5) is 11.4 Å². The normalized spacial score (nSPS) is 10.4. The molecule has 0 unspecified atom stereocenters. The molecular weight excluding hydrogens is 396 g/mol. The van der Waals surface area contributed by atoms with Crippen molar-refractivity contribution in [2.45, 2.75) is 31.5 Å². The van der Waals surface area contributed by atoms with E-state index in [2.05, 4.69) is 15.6 Å². The number of carbonyl (C=O) groups is 3. The molecule has 0 aliphatic heterocycles. The van der Waals surface area contributed by atoms with Crippen LogP contribution in [0.3, 0.4) is 0 Å². The highest BCUT2D eigenvalue weighted by molar-refractivity contribution is 8.01. The molecule has 0 saturated carbocycles. The third-order valence-corrected chi connectivity index (χ3v) is 5.86. The van der Waals surface area contributed by atoms with Crippen molar-refractivity contribution < 1.29 is 14.4 Å². The molecule has 2 aromatic rings. The number of nitrogens with zero attached hydrogens (tertiary/aromatic N) is 2. The average Bonchev–Trinajstić information content (AvgIpc) is 3.09. The third-order valence-electron chi connectivity index (χ3n) is 3.79. The fraction of sp³-hybridized carbons (Fsp3) is 0.368. The Hall–Kier alpha value is -2.39. The number of thioether (sulfide) groups is 1. The van der Waals surface area contributed by atoms with E-state index in [1.165, 1.54) is 30.0 Å². The number of aromatic nitrogens is 1. The Balaban J connectivity index is 1.80. The topological polar surface area (TPSA) is 91.4 Å². The minimum atomic E-state index is -0.145. The summed E-state index contributed by atoms with van der Waals surface area (Å²) in [5.74, 6) is 0.0000485. The second kappa shape index (κ2) is 10.8. The minimum absolute atomic E-state index is 0.0623. The molecule has 0 aliphatic rings. The van der Waals surface area contributed by atoms with E-state index in [1.54, 1.807) is 29.2 Å². The molecule has 0 aliphatic carbocycles. The van der Waals surface area contributed by atoms with E-state index in [0.29, 0.717) is 24.5 Å².